The van der Waals surface area contributed by atoms with E-state index < -0.39 is 0 Å². The molecule has 25 heavy (non-hydrogen) atoms. The first-order valence-corrected chi connectivity index (χ1v) is 11.4. The van der Waals surface area contributed by atoms with Crippen LogP contribution < -0.4 is 26.5 Å². The molecule has 1 amide bonds. The summed E-state index contributed by atoms with van der Waals surface area (Å²) in [6.45, 7) is 2.04. The first-order chi connectivity index (χ1) is 12.2. The first-order valence-electron chi connectivity index (χ1n) is 7.50. The number of hydrogen-bond acceptors (Lipinski definition) is 5. The van der Waals surface area contributed by atoms with Crippen LogP contribution in [0.2, 0.25) is 0 Å². The van der Waals surface area contributed by atoms with Crippen molar-refractivity contribution in [1.82, 2.24) is 9.97 Å². The van der Waals surface area contributed by atoms with Gasteiger partial charge in [0, 0.05) is 6.07 Å². The van der Waals surface area contributed by atoms with Gasteiger partial charge in [-0.2, -0.15) is 0 Å². The van der Waals surface area contributed by atoms with Crippen molar-refractivity contribution in [3.63, 3.8) is 0 Å². The van der Waals surface area contributed by atoms with Gasteiger partial charge in [-0.3, -0.25) is 10.1 Å². The van der Waals surface area contributed by atoms with E-state index in [2.05, 4.69) is 38.9 Å². The Labute approximate surface area is 163 Å². The lowest BCUT2D eigenvalue weighted by molar-refractivity contribution is -0.591. The van der Waals surface area contributed by atoms with E-state index in [-0.39, 0.29) is 27.1 Å². The molecule has 3 heterocycles. The third-order valence-electron chi connectivity index (χ3n) is 3.41. The summed E-state index contributed by atoms with van der Waals surface area (Å²) in [5, 5.41) is 5.54. The van der Waals surface area contributed by atoms with Gasteiger partial charge < -0.3 is 0 Å². The van der Waals surface area contributed by atoms with Gasteiger partial charge in [0.2, 0.25) is 6.45 Å². The first kappa shape index (κ1) is 16.6. The Morgan fingerprint density at radius 2 is 2.12 bits per heavy atom. The Morgan fingerprint density at radius 1 is 1.20 bits per heavy atom. The third-order valence-corrected chi connectivity index (χ3v) is 8.43. The molecular weight excluding hydrogens is 465 g/mol. The van der Waals surface area contributed by atoms with Gasteiger partial charge in [0.15, 0.2) is 5.13 Å². The molecule has 1 aromatic carbocycles. The molecule has 0 aliphatic carbocycles. The van der Waals surface area contributed by atoms with Crippen molar-refractivity contribution in [1.29, 1.82) is 0 Å². The van der Waals surface area contributed by atoms with Gasteiger partial charge >= 0.3 is 21.2 Å². The average Bonchev–Trinajstić information content (AvgIpc) is 3.24. The van der Waals surface area contributed by atoms with Crippen molar-refractivity contribution < 1.29 is 26.0 Å². The van der Waals surface area contributed by atoms with Crippen molar-refractivity contribution >= 4 is 43.9 Å². The van der Waals surface area contributed by atoms with Crippen LogP contribution in [0.25, 0.3) is 10.2 Å². The smallest absolute Gasteiger partial charge is 0.296 e. The van der Waals surface area contributed by atoms with Crippen LogP contribution in [0.15, 0.2) is 54.0 Å². The fourth-order valence-corrected chi connectivity index (χ4v) is 6.74. The zero-order valence-electron chi connectivity index (χ0n) is 13.2. The number of nitrogens with zero attached hydrogens (tertiary/aromatic N) is 2. The molecule has 0 radical (unpaired) electrons. The second-order valence-electron chi connectivity index (χ2n) is 5.32. The molecule has 0 unspecified atom stereocenters. The number of benzene rings is 1. The fourth-order valence-electron chi connectivity index (χ4n) is 2.23. The van der Waals surface area contributed by atoms with E-state index >= 15 is 0 Å². The third kappa shape index (κ3) is 3.88. The van der Waals surface area contributed by atoms with Gasteiger partial charge in [-0.1, -0.05) is 28.7 Å². The number of anilines is 1. The summed E-state index contributed by atoms with van der Waals surface area (Å²) in [5.74, 6) is -0.225. The molecule has 0 saturated heterocycles. The molecular formula is C18H13IN3OS2+. The number of aromatic nitrogens is 2. The minimum atomic E-state index is -0.225. The highest BCUT2D eigenvalue weighted by Crippen LogP contribution is 2.26. The summed E-state index contributed by atoms with van der Waals surface area (Å²) in [6.07, 6.45) is 1.81. The maximum absolute atomic E-state index is 12.4. The monoisotopic (exact) mass is 478 g/mol. The minimum Gasteiger partial charge on any atom is -0.296 e. The number of carbonyl (C=O) groups is 1. The fraction of sp³-hybridized carbons (Fsp3) is 0.0556. The summed E-state index contributed by atoms with van der Waals surface area (Å²) in [4.78, 5) is 21.2. The van der Waals surface area contributed by atoms with Gasteiger partial charge in [0.1, 0.15) is 5.69 Å². The predicted molar refractivity (Wildman–Crippen MR) is 98.3 cm³/mol. The molecule has 7 heteroatoms. The summed E-state index contributed by atoms with van der Waals surface area (Å²) in [5.41, 5.74) is 2.49. The highest BCUT2D eigenvalue weighted by atomic mass is 127. The number of hydrogen-bond donors (Lipinski definition) is 1. The van der Waals surface area contributed by atoms with E-state index in [4.69, 9.17) is 0 Å². The molecule has 0 aliphatic heterocycles. The Bertz CT molecular complexity index is 1030. The van der Waals surface area contributed by atoms with Crippen molar-refractivity contribution in [2.45, 2.75) is 6.92 Å². The lowest BCUT2D eigenvalue weighted by atomic mass is 10.2. The standard InChI is InChI=1S/C18H12IN3OS2/c1-11-4-6-13-15(9-11)25-18(21-13)22-17(23)14-7-5-12(10-20-14)19-16-3-2-8-24-16/h2-10H,1H3/p+1. The second-order valence-corrected chi connectivity index (χ2v) is 11.0. The molecule has 4 rings (SSSR count). The lowest BCUT2D eigenvalue weighted by Gasteiger charge is -1.99. The number of fused-ring (bicyclic) bond motifs is 1. The molecule has 0 fully saturated rings. The lowest BCUT2D eigenvalue weighted by Crippen LogP contribution is -3.61. The zero-order valence-corrected chi connectivity index (χ0v) is 17.0. The van der Waals surface area contributed by atoms with Crippen LogP contribution in [0.5, 0.6) is 0 Å². The second kappa shape index (κ2) is 7.19. The molecule has 0 aliphatic rings. The van der Waals surface area contributed by atoms with E-state index in [1.54, 1.807) is 17.4 Å². The number of aryl methyl sites for hydroxylation is 1. The van der Waals surface area contributed by atoms with Gasteiger partial charge in [-0.05, 0) is 48.2 Å². The molecule has 0 spiro atoms. The topological polar surface area (TPSA) is 54.9 Å². The molecule has 124 valence electrons. The van der Waals surface area contributed by atoms with Crippen LogP contribution in [0.4, 0.5) is 5.13 Å². The van der Waals surface area contributed by atoms with Gasteiger partial charge in [0.05, 0.1) is 16.4 Å². The number of amides is 1. The molecule has 0 saturated carbocycles. The molecule has 1 N–H and O–H groups in total. The molecule has 4 nitrogen and oxygen atoms in total. The number of thiophene rings is 1. The Hall–Kier alpha value is -1.84. The maximum atomic E-state index is 12.4. The summed E-state index contributed by atoms with van der Waals surface area (Å²) in [7, 11) is 0. The van der Waals surface area contributed by atoms with E-state index in [0.29, 0.717) is 10.8 Å². The number of carbonyl (C=O) groups excluding carboxylic acids is 1. The quantitative estimate of drug-likeness (QED) is 0.452. The highest BCUT2D eigenvalue weighted by Gasteiger charge is 2.18. The van der Waals surface area contributed by atoms with Crippen molar-refractivity contribution in [2.24, 2.45) is 0 Å². The highest BCUT2D eigenvalue weighted by molar-refractivity contribution is 7.22. The summed E-state index contributed by atoms with van der Waals surface area (Å²) >= 11 is 3.03. The Balaban J connectivity index is 1.48. The molecule has 3 aromatic heterocycles. The number of thiazole rings is 1. The number of rotatable bonds is 4. The predicted octanol–water partition coefficient (Wildman–Crippen LogP) is 1.44. The maximum Gasteiger partial charge on any atom is 0.371 e. The van der Waals surface area contributed by atoms with Crippen molar-refractivity contribution in [3.8, 4) is 0 Å². The summed E-state index contributed by atoms with van der Waals surface area (Å²) < 4.78 is 3.66. The Morgan fingerprint density at radius 3 is 2.88 bits per heavy atom. The summed E-state index contributed by atoms with van der Waals surface area (Å²) in [6, 6.07) is 14.1. The van der Waals surface area contributed by atoms with Crippen LogP contribution in [0.1, 0.15) is 16.1 Å². The van der Waals surface area contributed by atoms with E-state index in [0.717, 1.165) is 10.2 Å². The van der Waals surface area contributed by atoms with Crippen LogP contribution in [0.3, 0.4) is 0 Å². The van der Waals surface area contributed by atoms with Crippen molar-refractivity contribution in [2.75, 3.05) is 5.32 Å². The van der Waals surface area contributed by atoms with Crippen molar-refractivity contribution in [3.05, 3.63) is 71.8 Å². The zero-order chi connectivity index (χ0) is 17.2. The molecule has 0 atom stereocenters. The normalized spacial score (nSPS) is 10.9. The van der Waals surface area contributed by atoms with E-state index in [9.17, 15) is 4.79 Å². The van der Waals surface area contributed by atoms with Gasteiger partial charge in [-0.25, -0.2) is 9.97 Å². The number of nitrogens with one attached hydrogen (secondary N) is 1. The number of pyridine rings is 1. The van der Waals surface area contributed by atoms with Gasteiger partial charge in [0.25, 0.3) is 5.91 Å². The van der Waals surface area contributed by atoms with E-state index in [1.807, 2.05) is 31.3 Å². The van der Waals surface area contributed by atoms with Crippen LogP contribution >= 0.6 is 22.7 Å². The Kier molecular flexibility index (Phi) is 4.78. The minimum absolute atomic E-state index is 0.219. The van der Waals surface area contributed by atoms with Crippen LogP contribution in [0, 0.1) is 13.4 Å². The average molecular weight is 478 g/mol. The largest absolute Gasteiger partial charge is 0.371 e. The van der Waals surface area contributed by atoms with Gasteiger partial charge in [-0.15, -0.1) is 0 Å². The van der Waals surface area contributed by atoms with E-state index in [1.165, 1.54) is 23.4 Å². The number of halogens is 1. The SMILES string of the molecule is Cc1ccc2nc(NC(=O)c3ccc([I+]c4cccs4)cn3)sc2c1. The molecule has 0 bridgehead atoms. The van der Waals surface area contributed by atoms with Crippen LogP contribution in [-0.4, -0.2) is 15.9 Å². The van der Waals surface area contributed by atoms with Crippen LogP contribution in [-0.2, 0) is 0 Å². The molecule has 4 aromatic rings.